The molecule has 1 fully saturated rings. The summed E-state index contributed by atoms with van der Waals surface area (Å²) in [5, 5.41) is 8.95. The number of aliphatic hydroxyl groups excluding tert-OH is 1. The van der Waals surface area contributed by atoms with Crippen molar-refractivity contribution in [1.29, 1.82) is 0 Å². The van der Waals surface area contributed by atoms with E-state index in [1.807, 2.05) is 0 Å². The van der Waals surface area contributed by atoms with E-state index in [2.05, 4.69) is 0 Å². The molecule has 11 heavy (non-hydrogen) atoms. The van der Waals surface area contributed by atoms with Crippen LogP contribution in [0.5, 0.6) is 0 Å². The lowest BCUT2D eigenvalue weighted by Gasteiger charge is -2.24. The van der Waals surface area contributed by atoms with Gasteiger partial charge in [0.25, 0.3) is 0 Å². The molecule has 1 aliphatic rings. The normalized spacial score (nSPS) is 23.5. The van der Waals surface area contributed by atoms with Gasteiger partial charge in [0.15, 0.2) is 0 Å². The van der Waals surface area contributed by atoms with Crippen LogP contribution in [0.3, 0.4) is 0 Å². The molecule has 0 aromatic rings. The second-order valence-corrected chi connectivity index (χ2v) is 3.43. The summed E-state index contributed by atoms with van der Waals surface area (Å²) in [5.74, 6) is 0. The first-order valence-corrected chi connectivity index (χ1v) is 4.17. The molecule has 0 aromatic carbocycles. The van der Waals surface area contributed by atoms with E-state index in [0.717, 1.165) is 12.8 Å². The van der Waals surface area contributed by atoms with Crippen LogP contribution in [-0.2, 0) is 0 Å². The minimum Gasteiger partial charge on any atom is -0.394 e. The topological polar surface area (TPSA) is 46.2 Å². The molecule has 0 bridgehead atoms. The lowest BCUT2D eigenvalue weighted by molar-refractivity contribution is 0.180. The van der Waals surface area contributed by atoms with Crippen LogP contribution in [0.25, 0.3) is 0 Å². The maximum Gasteiger partial charge on any atom is 0.0611 e. The highest BCUT2D eigenvalue weighted by Crippen LogP contribution is 2.23. The summed E-state index contributed by atoms with van der Waals surface area (Å²) in [5.41, 5.74) is 5.67. The molecule has 0 unspecified atom stereocenters. The second-order valence-electron chi connectivity index (χ2n) is 3.43. The predicted molar refractivity (Wildman–Crippen MR) is 49.0 cm³/mol. The van der Waals surface area contributed by atoms with Crippen LogP contribution in [0.1, 0.15) is 38.5 Å². The fourth-order valence-electron chi connectivity index (χ4n) is 1.59. The van der Waals surface area contributed by atoms with E-state index in [4.69, 9.17) is 10.8 Å². The summed E-state index contributed by atoms with van der Waals surface area (Å²) in [6, 6.07) is 0. The van der Waals surface area contributed by atoms with Gasteiger partial charge in [0, 0.05) is 5.54 Å². The predicted octanol–water partition coefficient (Wildman–Crippen LogP) is 1.45. The summed E-state index contributed by atoms with van der Waals surface area (Å²) in [7, 11) is 0. The maximum absolute atomic E-state index is 8.95. The zero-order valence-corrected chi connectivity index (χ0v) is 7.70. The van der Waals surface area contributed by atoms with Crippen molar-refractivity contribution in [3.63, 3.8) is 0 Å². The minimum absolute atomic E-state index is 0. The molecule has 2 nitrogen and oxygen atoms in total. The van der Waals surface area contributed by atoms with E-state index in [0.29, 0.717) is 0 Å². The van der Waals surface area contributed by atoms with Gasteiger partial charge >= 0.3 is 0 Å². The van der Waals surface area contributed by atoms with Gasteiger partial charge in [-0.25, -0.2) is 0 Å². The molecule has 0 saturated heterocycles. The van der Waals surface area contributed by atoms with Gasteiger partial charge in [0.1, 0.15) is 0 Å². The van der Waals surface area contributed by atoms with Crippen LogP contribution in [-0.4, -0.2) is 17.3 Å². The Labute approximate surface area is 74.6 Å². The molecule has 0 radical (unpaired) electrons. The van der Waals surface area contributed by atoms with Crippen LogP contribution in [0.4, 0.5) is 0 Å². The van der Waals surface area contributed by atoms with E-state index < -0.39 is 0 Å². The Bertz CT molecular complexity index is 100. The average Bonchev–Trinajstić information content (AvgIpc) is 2.15. The van der Waals surface area contributed by atoms with Gasteiger partial charge in [-0.3, -0.25) is 0 Å². The highest BCUT2D eigenvalue weighted by atomic mass is 35.5. The van der Waals surface area contributed by atoms with E-state index in [9.17, 15) is 0 Å². The Hall–Kier alpha value is 0.210. The number of aliphatic hydroxyl groups is 1. The molecule has 1 aliphatic carbocycles. The van der Waals surface area contributed by atoms with E-state index in [1.54, 1.807) is 0 Å². The number of hydrogen-bond acceptors (Lipinski definition) is 2. The Morgan fingerprint density at radius 2 is 1.55 bits per heavy atom. The van der Waals surface area contributed by atoms with Crippen molar-refractivity contribution >= 4 is 12.4 Å². The molecule has 1 saturated carbocycles. The molecular formula is C8H18ClNO. The van der Waals surface area contributed by atoms with E-state index in [-0.39, 0.29) is 24.6 Å². The molecule has 0 aromatic heterocycles. The SMILES string of the molecule is Cl.NC1(CO)CCCCCC1. The van der Waals surface area contributed by atoms with Crippen LogP contribution >= 0.6 is 12.4 Å². The molecule has 1 rings (SSSR count). The molecule has 0 amide bonds. The lowest BCUT2D eigenvalue weighted by atomic mass is 9.93. The molecule has 0 spiro atoms. The van der Waals surface area contributed by atoms with Crippen molar-refractivity contribution < 1.29 is 5.11 Å². The Balaban J connectivity index is 0.000001000. The van der Waals surface area contributed by atoms with Crippen LogP contribution < -0.4 is 5.73 Å². The quantitative estimate of drug-likeness (QED) is 0.599. The monoisotopic (exact) mass is 179 g/mol. The molecular weight excluding hydrogens is 162 g/mol. The zero-order valence-electron chi connectivity index (χ0n) is 6.88. The van der Waals surface area contributed by atoms with Gasteiger partial charge < -0.3 is 10.8 Å². The van der Waals surface area contributed by atoms with Crippen molar-refractivity contribution in [1.82, 2.24) is 0 Å². The van der Waals surface area contributed by atoms with Crippen LogP contribution in [0.15, 0.2) is 0 Å². The number of hydrogen-bond donors (Lipinski definition) is 2. The summed E-state index contributed by atoms with van der Waals surface area (Å²) in [4.78, 5) is 0. The van der Waals surface area contributed by atoms with Crippen molar-refractivity contribution in [2.45, 2.75) is 44.1 Å². The van der Waals surface area contributed by atoms with Gasteiger partial charge in [-0.15, -0.1) is 12.4 Å². The summed E-state index contributed by atoms with van der Waals surface area (Å²) >= 11 is 0. The van der Waals surface area contributed by atoms with E-state index in [1.165, 1.54) is 25.7 Å². The molecule has 0 heterocycles. The zero-order chi connectivity index (χ0) is 7.45. The number of halogens is 1. The Morgan fingerprint density at radius 1 is 1.09 bits per heavy atom. The lowest BCUT2D eigenvalue weighted by Crippen LogP contribution is -2.42. The third-order valence-electron chi connectivity index (χ3n) is 2.41. The van der Waals surface area contributed by atoms with Gasteiger partial charge in [-0.1, -0.05) is 25.7 Å². The van der Waals surface area contributed by atoms with Crippen molar-refractivity contribution in [3.8, 4) is 0 Å². The van der Waals surface area contributed by atoms with Crippen molar-refractivity contribution in [2.24, 2.45) is 5.73 Å². The molecule has 0 aliphatic heterocycles. The highest BCUT2D eigenvalue weighted by Gasteiger charge is 2.24. The first-order chi connectivity index (χ1) is 4.77. The van der Waals surface area contributed by atoms with Crippen LogP contribution in [0.2, 0.25) is 0 Å². The molecule has 3 N–H and O–H groups in total. The third-order valence-corrected chi connectivity index (χ3v) is 2.41. The summed E-state index contributed by atoms with van der Waals surface area (Å²) < 4.78 is 0. The van der Waals surface area contributed by atoms with Crippen molar-refractivity contribution in [3.05, 3.63) is 0 Å². The van der Waals surface area contributed by atoms with Crippen molar-refractivity contribution in [2.75, 3.05) is 6.61 Å². The number of nitrogens with two attached hydrogens (primary N) is 1. The molecule has 0 atom stereocenters. The standard InChI is InChI=1S/C8H17NO.ClH/c9-8(7-10)5-3-1-2-4-6-8;/h10H,1-7,9H2;1H. The number of rotatable bonds is 1. The highest BCUT2D eigenvalue weighted by molar-refractivity contribution is 5.85. The van der Waals surface area contributed by atoms with E-state index >= 15 is 0 Å². The first-order valence-electron chi connectivity index (χ1n) is 4.17. The summed E-state index contributed by atoms with van der Waals surface area (Å²) in [6.45, 7) is 0.160. The third kappa shape index (κ3) is 3.41. The van der Waals surface area contributed by atoms with Gasteiger partial charge in [0.2, 0.25) is 0 Å². The Kier molecular flexibility index (Phi) is 5.06. The largest absolute Gasteiger partial charge is 0.394 e. The second kappa shape index (κ2) is 4.96. The van der Waals surface area contributed by atoms with Crippen LogP contribution in [0, 0.1) is 0 Å². The van der Waals surface area contributed by atoms with Gasteiger partial charge in [0.05, 0.1) is 6.61 Å². The molecule has 68 valence electrons. The average molecular weight is 180 g/mol. The minimum atomic E-state index is -0.240. The Morgan fingerprint density at radius 3 is 1.91 bits per heavy atom. The fourth-order valence-corrected chi connectivity index (χ4v) is 1.59. The maximum atomic E-state index is 8.95. The fraction of sp³-hybridized carbons (Fsp3) is 1.00. The smallest absolute Gasteiger partial charge is 0.0611 e. The van der Waals surface area contributed by atoms with Gasteiger partial charge in [-0.05, 0) is 12.8 Å². The molecule has 3 heteroatoms. The first kappa shape index (κ1) is 11.2. The van der Waals surface area contributed by atoms with Gasteiger partial charge in [-0.2, -0.15) is 0 Å². The summed E-state index contributed by atoms with van der Waals surface area (Å²) in [6.07, 6.45) is 6.97.